The van der Waals surface area contributed by atoms with E-state index in [4.69, 9.17) is 0 Å². The summed E-state index contributed by atoms with van der Waals surface area (Å²) in [6.07, 6.45) is 2.41. The first kappa shape index (κ1) is 18.5. The van der Waals surface area contributed by atoms with Crippen molar-refractivity contribution in [3.05, 3.63) is 90.0 Å². The number of rotatable bonds is 6. The van der Waals surface area contributed by atoms with Crippen molar-refractivity contribution < 1.29 is 9.18 Å². The number of carbonyl (C=O) groups excluding carboxylic acids is 1. The van der Waals surface area contributed by atoms with E-state index in [0.717, 1.165) is 22.9 Å². The van der Waals surface area contributed by atoms with Crippen LogP contribution in [0.25, 0.3) is 10.9 Å². The molecule has 6 nitrogen and oxygen atoms in total. The normalized spacial score (nSPS) is 10.7. The number of carbonyl (C=O) groups is 1. The molecule has 4 rings (SSSR count). The summed E-state index contributed by atoms with van der Waals surface area (Å²) < 4.78 is 12.9. The van der Waals surface area contributed by atoms with E-state index in [0.29, 0.717) is 18.1 Å². The third kappa shape index (κ3) is 4.52. The van der Waals surface area contributed by atoms with Crippen LogP contribution in [0.2, 0.25) is 0 Å². The molecule has 0 fully saturated rings. The number of nitrogens with one attached hydrogen (secondary N) is 2. The molecule has 0 aliphatic carbocycles. The van der Waals surface area contributed by atoms with Gasteiger partial charge < -0.3 is 10.6 Å². The zero-order valence-corrected chi connectivity index (χ0v) is 15.5. The zero-order valence-electron chi connectivity index (χ0n) is 15.5. The Bertz CT molecular complexity index is 1120. The summed E-state index contributed by atoms with van der Waals surface area (Å²) in [5, 5.41) is 15.0. The first-order chi connectivity index (χ1) is 14.2. The zero-order chi connectivity index (χ0) is 20.1. The third-order valence-electron chi connectivity index (χ3n) is 4.41. The highest BCUT2D eigenvalue weighted by Crippen LogP contribution is 2.21. The quantitative estimate of drug-likeness (QED) is 0.521. The van der Waals surface area contributed by atoms with E-state index in [1.165, 1.54) is 12.1 Å². The molecule has 0 atom stereocenters. The van der Waals surface area contributed by atoms with E-state index < -0.39 is 0 Å². The molecular formula is C22H18FN5O. The van der Waals surface area contributed by atoms with Crippen LogP contribution in [0.3, 0.4) is 0 Å². The second kappa shape index (κ2) is 8.43. The summed E-state index contributed by atoms with van der Waals surface area (Å²) >= 11 is 0. The van der Waals surface area contributed by atoms with Crippen LogP contribution in [0.15, 0.2) is 72.9 Å². The number of benzene rings is 2. The minimum Gasteiger partial charge on any atom is -0.368 e. The maximum Gasteiger partial charge on any atom is 0.276 e. The van der Waals surface area contributed by atoms with E-state index in [1.807, 2.05) is 24.3 Å². The number of hydrogen-bond acceptors (Lipinski definition) is 5. The molecule has 29 heavy (non-hydrogen) atoms. The summed E-state index contributed by atoms with van der Waals surface area (Å²) in [5.74, 6) is -0.0373. The number of pyridine rings is 1. The van der Waals surface area contributed by atoms with E-state index in [2.05, 4.69) is 25.8 Å². The number of para-hydroxylation sites is 1. The molecule has 0 radical (unpaired) electrons. The fourth-order valence-corrected chi connectivity index (χ4v) is 2.93. The van der Waals surface area contributed by atoms with Gasteiger partial charge in [0.1, 0.15) is 11.6 Å². The molecule has 2 N–H and O–H groups in total. The number of hydrogen-bond donors (Lipinski definition) is 2. The first-order valence-corrected chi connectivity index (χ1v) is 9.16. The molecule has 7 heteroatoms. The number of amides is 1. The van der Waals surface area contributed by atoms with Crippen LogP contribution in [-0.4, -0.2) is 27.6 Å². The predicted octanol–water partition coefficient (Wildman–Crippen LogP) is 4.07. The number of nitrogens with zero attached hydrogens (tertiary/aromatic N) is 3. The van der Waals surface area contributed by atoms with Crippen molar-refractivity contribution in [3.63, 3.8) is 0 Å². The van der Waals surface area contributed by atoms with Crippen molar-refractivity contribution in [2.24, 2.45) is 0 Å². The van der Waals surface area contributed by atoms with Gasteiger partial charge in [0, 0.05) is 18.1 Å². The minimum atomic E-state index is -0.353. The minimum absolute atomic E-state index is 0.210. The fraction of sp³-hybridized carbons (Fsp3) is 0.0909. The lowest BCUT2D eigenvalue weighted by atomic mass is 10.1. The first-order valence-electron chi connectivity index (χ1n) is 9.16. The Balaban J connectivity index is 1.37. The molecule has 2 aromatic heterocycles. The molecule has 0 spiro atoms. The van der Waals surface area contributed by atoms with Crippen molar-refractivity contribution >= 4 is 28.3 Å². The molecule has 0 saturated carbocycles. The average Bonchev–Trinajstić information content (AvgIpc) is 2.76. The Morgan fingerprint density at radius 1 is 0.931 bits per heavy atom. The fourth-order valence-electron chi connectivity index (χ4n) is 2.93. The van der Waals surface area contributed by atoms with E-state index in [-0.39, 0.29) is 17.4 Å². The standard InChI is InChI=1S/C22H18FN5O/c23-17-8-6-15(7-9-17)12-14-24-20-11-10-19(27-28-20)22(29)26-18-5-1-3-16-4-2-13-25-21(16)18/h1-11,13H,12,14H2,(H,24,28)(H,26,29). The SMILES string of the molecule is O=C(Nc1cccc2cccnc12)c1ccc(NCCc2ccc(F)cc2)nn1. The molecule has 2 aromatic carbocycles. The highest BCUT2D eigenvalue weighted by atomic mass is 19.1. The Morgan fingerprint density at radius 3 is 2.55 bits per heavy atom. The molecule has 0 aliphatic heterocycles. The van der Waals surface area contributed by atoms with Crippen LogP contribution in [0.4, 0.5) is 15.9 Å². The van der Waals surface area contributed by atoms with Gasteiger partial charge in [-0.05, 0) is 48.4 Å². The second-order valence-corrected chi connectivity index (χ2v) is 6.44. The third-order valence-corrected chi connectivity index (χ3v) is 4.41. The number of anilines is 2. The lowest BCUT2D eigenvalue weighted by Crippen LogP contribution is -2.15. The average molecular weight is 387 g/mol. The molecule has 144 valence electrons. The molecule has 0 unspecified atom stereocenters. The van der Waals surface area contributed by atoms with Crippen molar-refractivity contribution in [2.75, 3.05) is 17.2 Å². The van der Waals surface area contributed by atoms with Gasteiger partial charge in [0.15, 0.2) is 5.69 Å². The van der Waals surface area contributed by atoms with Crippen LogP contribution >= 0.6 is 0 Å². The largest absolute Gasteiger partial charge is 0.368 e. The molecule has 1 amide bonds. The lowest BCUT2D eigenvalue weighted by Gasteiger charge is -2.08. The monoisotopic (exact) mass is 387 g/mol. The number of aromatic nitrogens is 3. The highest BCUT2D eigenvalue weighted by Gasteiger charge is 2.11. The van der Waals surface area contributed by atoms with Crippen molar-refractivity contribution in [1.82, 2.24) is 15.2 Å². The smallest absolute Gasteiger partial charge is 0.276 e. The van der Waals surface area contributed by atoms with E-state index in [9.17, 15) is 9.18 Å². The van der Waals surface area contributed by atoms with E-state index >= 15 is 0 Å². The molecule has 4 aromatic rings. The Hall–Kier alpha value is -3.87. The Kier molecular flexibility index (Phi) is 5.38. The van der Waals surface area contributed by atoms with E-state index in [1.54, 1.807) is 36.5 Å². The topological polar surface area (TPSA) is 79.8 Å². The summed E-state index contributed by atoms with van der Waals surface area (Å²) in [4.78, 5) is 16.8. The molecule has 0 aliphatic rings. The van der Waals surface area contributed by atoms with Crippen LogP contribution in [0.5, 0.6) is 0 Å². The van der Waals surface area contributed by atoms with Gasteiger partial charge in [-0.25, -0.2) is 4.39 Å². The molecule has 2 heterocycles. The van der Waals surface area contributed by atoms with Crippen LogP contribution in [-0.2, 0) is 6.42 Å². The van der Waals surface area contributed by atoms with Gasteiger partial charge in [-0.15, -0.1) is 10.2 Å². The number of halogens is 1. The highest BCUT2D eigenvalue weighted by molar-refractivity contribution is 6.07. The lowest BCUT2D eigenvalue weighted by molar-refractivity contribution is 0.102. The maximum absolute atomic E-state index is 12.9. The van der Waals surface area contributed by atoms with Crippen LogP contribution < -0.4 is 10.6 Å². The predicted molar refractivity (Wildman–Crippen MR) is 110 cm³/mol. The summed E-state index contributed by atoms with van der Waals surface area (Å²) in [6, 6.07) is 19.1. The number of fused-ring (bicyclic) bond motifs is 1. The maximum atomic E-state index is 12.9. The van der Waals surface area contributed by atoms with Gasteiger partial charge >= 0.3 is 0 Å². The molecule has 0 bridgehead atoms. The van der Waals surface area contributed by atoms with Gasteiger partial charge in [0.05, 0.1) is 11.2 Å². The van der Waals surface area contributed by atoms with Gasteiger partial charge in [0.25, 0.3) is 5.91 Å². The van der Waals surface area contributed by atoms with Gasteiger partial charge in [-0.3, -0.25) is 9.78 Å². The molecular weight excluding hydrogens is 369 g/mol. The van der Waals surface area contributed by atoms with Crippen molar-refractivity contribution in [3.8, 4) is 0 Å². The molecule has 0 saturated heterocycles. The summed E-state index contributed by atoms with van der Waals surface area (Å²) in [6.45, 7) is 0.619. The van der Waals surface area contributed by atoms with Crippen LogP contribution in [0.1, 0.15) is 16.1 Å². The van der Waals surface area contributed by atoms with Crippen molar-refractivity contribution in [2.45, 2.75) is 6.42 Å². The Labute approximate surface area is 166 Å². The van der Waals surface area contributed by atoms with Crippen LogP contribution in [0, 0.1) is 5.82 Å². The van der Waals surface area contributed by atoms with Gasteiger partial charge in [-0.2, -0.15) is 0 Å². The summed E-state index contributed by atoms with van der Waals surface area (Å²) in [7, 11) is 0. The summed E-state index contributed by atoms with van der Waals surface area (Å²) in [5.41, 5.74) is 2.57. The Morgan fingerprint density at radius 2 is 1.76 bits per heavy atom. The second-order valence-electron chi connectivity index (χ2n) is 6.44. The van der Waals surface area contributed by atoms with Crippen molar-refractivity contribution in [1.29, 1.82) is 0 Å². The van der Waals surface area contributed by atoms with Gasteiger partial charge in [0.2, 0.25) is 0 Å². The van der Waals surface area contributed by atoms with Gasteiger partial charge in [-0.1, -0.05) is 30.3 Å².